The van der Waals surface area contributed by atoms with Gasteiger partial charge in [0.15, 0.2) is 0 Å². The van der Waals surface area contributed by atoms with Crippen molar-refractivity contribution >= 4 is 18.2 Å². The second kappa shape index (κ2) is 17.7. The van der Waals surface area contributed by atoms with Crippen LogP contribution in [0.2, 0.25) is 0 Å². The Balaban J connectivity index is 2.07. The van der Waals surface area contributed by atoms with Gasteiger partial charge in [-0.05, 0) is 18.4 Å². The molecule has 0 aromatic heterocycles. The lowest BCUT2D eigenvalue weighted by Crippen LogP contribution is -2.43. The normalized spacial score (nSPS) is 11.6. The molecule has 1 rings (SSSR count). The lowest BCUT2D eigenvalue weighted by Gasteiger charge is -2.16. The Morgan fingerprint density at radius 1 is 0.867 bits per heavy atom. The Kier molecular flexibility index (Phi) is 15.2. The molecule has 0 saturated heterocycles. The number of esters is 1. The van der Waals surface area contributed by atoms with Crippen molar-refractivity contribution in [3.8, 4) is 0 Å². The summed E-state index contributed by atoms with van der Waals surface area (Å²) >= 11 is 0. The maximum atomic E-state index is 12.2. The van der Waals surface area contributed by atoms with Crippen LogP contribution in [0.4, 0.5) is 0 Å². The number of ether oxygens (including phenoxy) is 1. The van der Waals surface area contributed by atoms with Crippen LogP contribution in [0.15, 0.2) is 30.3 Å². The Morgan fingerprint density at radius 3 is 1.93 bits per heavy atom. The smallest absolute Gasteiger partial charge is 0.328 e. The fourth-order valence-corrected chi connectivity index (χ4v) is 3.56. The molecule has 0 aliphatic heterocycles. The average molecular weight is 418 g/mol. The van der Waals surface area contributed by atoms with Crippen molar-refractivity contribution in [2.75, 3.05) is 7.11 Å². The van der Waals surface area contributed by atoms with Crippen molar-refractivity contribution in [1.29, 1.82) is 0 Å². The molecule has 1 amide bonds. The fraction of sp³-hybridized carbons (Fsp3) is 0.640. The molecule has 1 N–H and O–H groups in total. The van der Waals surface area contributed by atoms with Gasteiger partial charge in [-0.1, -0.05) is 88.1 Å². The number of carbonyl (C=O) groups is 3. The molecule has 0 aliphatic rings. The summed E-state index contributed by atoms with van der Waals surface area (Å²) in [4.78, 5) is 34.5. The second-order valence-electron chi connectivity index (χ2n) is 7.93. The molecule has 168 valence electrons. The van der Waals surface area contributed by atoms with Gasteiger partial charge in [0.2, 0.25) is 5.91 Å². The van der Waals surface area contributed by atoms with Gasteiger partial charge in [-0.3, -0.25) is 4.79 Å². The van der Waals surface area contributed by atoms with E-state index in [9.17, 15) is 14.4 Å². The predicted molar refractivity (Wildman–Crippen MR) is 120 cm³/mol. The number of hydrogen-bond acceptors (Lipinski definition) is 4. The van der Waals surface area contributed by atoms with Crippen LogP contribution >= 0.6 is 0 Å². The molecule has 30 heavy (non-hydrogen) atoms. The minimum atomic E-state index is -0.636. The third kappa shape index (κ3) is 13.1. The van der Waals surface area contributed by atoms with E-state index in [4.69, 9.17) is 4.74 Å². The standard InChI is InChI=1S/C25H39NO4/c1-30-25(29)23(21-22-17-13-12-14-18-22)26-24(28)19-15-10-8-6-4-2-3-5-7-9-11-16-20-27/h12-14,17-18,20,23H,2-11,15-16,19,21H2,1H3,(H,26,28)/t23-/m0/s1. The number of amides is 1. The molecule has 1 aromatic rings. The SMILES string of the molecule is COC(=O)[C@H](Cc1ccccc1)NC(=O)CCCCCCCCCCCCCC=O. The van der Waals surface area contributed by atoms with Crippen LogP contribution in [0.5, 0.6) is 0 Å². The predicted octanol–water partition coefficient (Wildman–Crippen LogP) is 5.16. The summed E-state index contributed by atoms with van der Waals surface area (Å²) in [6.07, 6.45) is 15.4. The number of aldehydes is 1. The number of hydrogen-bond donors (Lipinski definition) is 1. The summed E-state index contributed by atoms with van der Waals surface area (Å²) in [5, 5.41) is 2.83. The van der Waals surface area contributed by atoms with E-state index in [0.29, 0.717) is 19.3 Å². The number of benzene rings is 1. The first-order chi connectivity index (χ1) is 14.7. The zero-order valence-corrected chi connectivity index (χ0v) is 18.6. The number of rotatable bonds is 18. The minimum Gasteiger partial charge on any atom is -0.467 e. The van der Waals surface area contributed by atoms with E-state index in [1.54, 1.807) is 0 Å². The molecule has 5 nitrogen and oxygen atoms in total. The van der Waals surface area contributed by atoms with Crippen LogP contribution in [-0.4, -0.2) is 31.3 Å². The summed E-state index contributed by atoms with van der Waals surface area (Å²) in [6.45, 7) is 0. The van der Waals surface area contributed by atoms with Gasteiger partial charge in [0, 0.05) is 19.3 Å². The maximum absolute atomic E-state index is 12.2. The third-order valence-corrected chi connectivity index (χ3v) is 5.33. The summed E-state index contributed by atoms with van der Waals surface area (Å²) in [7, 11) is 1.35. The van der Waals surface area contributed by atoms with Crippen LogP contribution in [0.25, 0.3) is 0 Å². The fourth-order valence-electron chi connectivity index (χ4n) is 3.56. The Labute approximate surface area is 182 Å². The van der Waals surface area contributed by atoms with E-state index in [-0.39, 0.29) is 5.91 Å². The zero-order chi connectivity index (χ0) is 21.9. The minimum absolute atomic E-state index is 0.0871. The highest BCUT2D eigenvalue weighted by atomic mass is 16.5. The largest absolute Gasteiger partial charge is 0.467 e. The molecule has 1 atom stereocenters. The number of methoxy groups -OCH3 is 1. The lowest BCUT2D eigenvalue weighted by molar-refractivity contribution is -0.145. The van der Waals surface area contributed by atoms with Crippen LogP contribution in [0.1, 0.15) is 89.0 Å². The third-order valence-electron chi connectivity index (χ3n) is 5.33. The quantitative estimate of drug-likeness (QED) is 0.203. The molecular weight excluding hydrogens is 378 g/mol. The van der Waals surface area contributed by atoms with Crippen LogP contribution in [0.3, 0.4) is 0 Å². The van der Waals surface area contributed by atoms with Crippen molar-refractivity contribution in [1.82, 2.24) is 5.32 Å². The van der Waals surface area contributed by atoms with E-state index in [1.807, 2.05) is 30.3 Å². The summed E-state index contributed by atoms with van der Waals surface area (Å²) in [5.41, 5.74) is 0.995. The van der Waals surface area contributed by atoms with Crippen LogP contribution < -0.4 is 5.32 Å². The topological polar surface area (TPSA) is 72.5 Å². The Bertz CT molecular complexity index is 588. The van der Waals surface area contributed by atoms with Gasteiger partial charge in [-0.25, -0.2) is 4.79 Å². The Morgan fingerprint density at radius 2 is 1.40 bits per heavy atom. The molecule has 5 heteroatoms. The van der Waals surface area contributed by atoms with Crippen molar-refractivity contribution in [3.05, 3.63) is 35.9 Å². The van der Waals surface area contributed by atoms with Gasteiger partial charge < -0.3 is 14.8 Å². The van der Waals surface area contributed by atoms with Crippen molar-refractivity contribution in [3.63, 3.8) is 0 Å². The zero-order valence-electron chi connectivity index (χ0n) is 18.6. The highest BCUT2D eigenvalue weighted by molar-refractivity contribution is 5.84. The first-order valence-electron chi connectivity index (χ1n) is 11.5. The molecule has 0 radical (unpaired) electrons. The highest BCUT2D eigenvalue weighted by Gasteiger charge is 2.21. The lowest BCUT2D eigenvalue weighted by atomic mass is 10.0. The molecule has 0 saturated carbocycles. The average Bonchev–Trinajstić information content (AvgIpc) is 2.76. The van der Waals surface area contributed by atoms with E-state index < -0.39 is 12.0 Å². The van der Waals surface area contributed by atoms with Gasteiger partial charge in [0.25, 0.3) is 0 Å². The monoisotopic (exact) mass is 417 g/mol. The molecule has 0 fully saturated rings. The summed E-state index contributed by atoms with van der Waals surface area (Å²) < 4.78 is 4.84. The van der Waals surface area contributed by atoms with Gasteiger partial charge in [-0.2, -0.15) is 0 Å². The summed E-state index contributed by atoms with van der Waals surface area (Å²) in [5.74, 6) is -0.494. The molecule has 0 spiro atoms. The van der Waals surface area contributed by atoms with Gasteiger partial charge in [0.05, 0.1) is 7.11 Å². The Hall–Kier alpha value is -2.17. The van der Waals surface area contributed by atoms with Crippen LogP contribution in [0, 0.1) is 0 Å². The molecule has 0 bridgehead atoms. The second-order valence-corrected chi connectivity index (χ2v) is 7.93. The molecule has 0 aliphatic carbocycles. The molecule has 1 aromatic carbocycles. The van der Waals surface area contributed by atoms with Gasteiger partial charge in [0.1, 0.15) is 12.3 Å². The highest BCUT2D eigenvalue weighted by Crippen LogP contribution is 2.12. The first kappa shape index (κ1) is 25.9. The molecular formula is C25H39NO4. The number of nitrogens with one attached hydrogen (secondary N) is 1. The van der Waals surface area contributed by atoms with E-state index >= 15 is 0 Å². The van der Waals surface area contributed by atoms with Crippen LogP contribution in [-0.2, 0) is 25.5 Å². The van der Waals surface area contributed by atoms with Gasteiger partial charge >= 0.3 is 5.97 Å². The summed E-state index contributed by atoms with van der Waals surface area (Å²) in [6, 6.07) is 9.01. The van der Waals surface area contributed by atoms with E-state index in [1.165, 1.54) is 52.1 Å². The number of unbranched alkanes of at least 4 members (excludes halogenated alkanes) is 11. The van der Waals surface area contributed by atoms with Crippen molar-refractivity contribution in [2.45, 2.75) is 95.9 Å². The molecule has 0 unspecified atom stereocenters. The number of carbonyl (C=O) groups excluding carboxylic acids is 3. The van der Waals surface area contributed by atoms with Crippen molar-refractivity contribution in [2.24, 2.45) is 0 Å². The van der Waals surface area contributed by atoms with Gasteiger partial charge in [-0.15, -0.1) is 0 Å². The van der Waals surface area contributed by atoms with E-state index in [0.717, 1.165) is 37.5 Å². The molecule has 0 heterocycles. The maximum Gasteiger partial charge on any atom is 0.328 e. The van der Waals surface area contributed by atoms with E-state index in [2.05, 4.69) is 5.32 Å². The first-order valence-corrected chi connectivity index (χ1v) is 11.5. The van der Waals surface area contributed by atoms with Crippen molar-refractivity contribution < 1.29 is 19.1 Å².